The van der Waals surface area contributed by atoms with Crippen molar-refractivity contribution in [1.29, 1.82) is 0 Å². The van der Waals surface area contributed by atoms with Crippen LogP contribution in [-0.4, -0.2) is 30.7 Å². The molecule has 0 aromatic carbocycles. The van der Waals surface area contributed by atoms with Crippen LogP contribution in [0.3, 0.4) is 0 Å². The summed E-state index contributed by atoms with van der Waals surface area (Å²) in [4.78, 5) is 10.9. The fraction of sp³-hybridized carbons (Fsp3) is 0.909. The van der Waals surface area contributed by atoms with Gasteiger partial charge in [-0.2, -0.15) is 13.2 Å². The second-order valence-electron chi connectivity index (χ2n) is 5.01. The predicted octanol–water partition coefficient (Wildman–Crippen LogP) is 1.69. The minimum Gasteiger partial charge on any atom is -0.344 e. The van der Waals surface area contributed by atoms with Crippen molar-refractivity contribution in [3.63, 3.8) is 0 Å². The monoisotopic (exact) mass is 252 g/mol. The molecule has 100 valence electrons. The van der Waals surface area contributed by atoms with E-state index in [2.05, 4.69) is 10.6 Å². The molecule has 1 amide bonds. The number of hydrogen-bond acceptors (Lipinski definition) is 2. The summed E-state index contributed by atoms with van der Waals surface area (Å²) in [6, 6.07) is -0.582. The summed E-state index contributed by atoms with van der Waals surface area (Å²) in [5.74, 6) is -1.16. The molecule has 3 unspecified atom stereocenters. The molecule has 1 rings (SSSR count). The molecule has 3 nitrogen and oxygen atoms in total. The van der Waals surface area contributed by atoms with Crippen LogP contribution in [0.1, 0.15) is 27.2 Å². The number of carbonyl (C=O) groups excluding carboxylic acids is 1. The highest BCUT2D eigenvalue weighted by molar-refractivity contribution is 5.82. The largest absolute Gasteiger partial charge is 0.471 e. The van der Waals surface area contributed by atoms with E-state index in [1.165, 1.54) is 0 Å². The number of nitrogens with one attached hydrogen (secondary N) is 2. The number of amides is 1. The molecule has 0 aromatic rings. The van der Waals surface area contributed by atoms with Gasteiger partial charge in [-0.15, -0.1) is 0 Å². The zero-order chi connectivity index (χ0) is 13.2. The van der Waals surface area contributed by atoms with Gasteiger partial charge in [0.25, 0.3) is 0 Å². The molecule has 2 N–H and O–H groups in total. The third-order valence-corrected chi connectivity index (χ3v) is 3.38. The van der Waals surface area contributed by atoms with Crippen molar-refractivity contribution in [2.45, 2.75) is 45.5 Å². The first kappa shape index (κ1) is 14.3. The van der Waals surface area contributed by atoms with Crippen LogP contribution in [0.5, 0.6) is 0 Å². The van der Waals surface area contributed by atoms with Crippen LogP contribution < -0.4 is 10.6 Å². The summed E-state index contributed by atoms with van der Waals surface area (Å²) in [5, 5.41) is 5.21. The molecule has 1 aliphatic rings. The Kier molecular flexibility index (Phi) is 4.41. The van der Waals surface area contributed by atoms with Gasteiger partial charge in [-0.25, -0.2) is 0 Å². The minimum absolute atomic E-state index is 0.128. The Morgan fingerprint density at radius 3 is 2.47 bits per heavy atom. The van der Waals surface area contributed by atoms with Crippen LogP contribution in [0.25, 0.3) is 0 Å². The van der Waals surface area contributed by atoms with Crippen molar-refractivity contribution >= 4 is 5.91 Å². The smallest absolute Gasteiger partial charge is 0.344 e. The van der Waals surface area contributed by atoms with Gasteiger partial charge in [-0.1, -0.05) is 13.8 Å². The van der Waals surface area contributed by atoms with E-state index in [0.29, 0.717) is 18.3 Å². The van der Waals surface area contributed by atoms with E-state index in [4.69, 9.17) is 0 Å². The summed E-state index contributed by atoms with van der Waals surface area (Å²) in [6.07, 6.45) is -4.21. The molecule has 1 aliphatic heterocycles. The maximum Gasteiger partial charge on any atom is 0.471 e. The molecule has 0 aliphatic carbocycles. The van der Waals surface area contributed by atoms with Gasteiger partial charge in [0.05, 0.1) is 0 Å². The second-order valence-corrected chi connectivity index (χ2v) is 5.01. The van der Waals surface area contributed by atoms with Gasteiger partial charge in [0.1, 0.15) is 0 Å². The first-order chi connectivity index (χ1) is 7.71. The molecule has 3 atom stereocenters. The van der Waals surface area contributed by atoms with Gasteiger partial charge in [-0.3, -0.25) is 4.79 Å². The van der Waals surface area contributed by atoms with Gasteiger partial charge >= 0.3 is 12.1 Å². The first-order valence-electron chi connectivity index (χ1n) is 5.83. The van der Waals surface area contributed by atoms with E-state index in [9.17, 15) is 18.0 Å². The Morgan fingerprint density at radius 1 is 1.41 bits per heavy atom. The standard InChI is InChI=1S/C11H19F3N2O/c1-6(2)8-4-9(7(3)15-5-8)16-10(17)11(12,13)14/h6-9,15H,4-5H2,1-3H3,(H,16,17). The highest BCUT2D eigenvalue weighted by Crippen LogP contribution is 2.23. The van der Waals surface area contributed by atoms with Crippen LogP contribution in [0, 0.1) is 11.8 Å². The minimum atomic E-state index is -4.80. The normalized spacial score (nSPS) is 30.4. The maximum absolute atomic E-state index is 12.2. The van der Waals surface area contributed by atoms with E-state index >= 15 is 0 Å². The van der Waals surface area contributed by atoms with E-state index in [0.717, 1.165) is 6.54 Å². The fourth-order valence-electron chi connectivity index (χ4n) is 2.04. The predicted molar refractivity (Wildman–Crippen MR) is 58.4 cm³/mol. The Hall–Kier alpha value is -0.780. The molecule has 0 spiro atoms. The Bertz CT molecular complexity index is 278. The maximum atomic E-state index is 12.2. The van der Waals surface area contributed by atoms with Crippen LogP contribution in [0.15, 0.2) is 0 Å². The van der Waals surface area contributed by atoms with Crippen molar-refractivity contribution in [2.75, 3.05) is 6.54 Å². The van der Waals surface area contributed by atoms with E-state index in [-0.39, 0.29) is 6.04 Å². The van der Waals surface area contributed by atoms with Gasteiger partial charge < -0.3 is 10.6 Å². The summed E-state index contributed by atoms with van der Waals surface area (Å²) < 4.78 is 36.5. The lowest BCUT2D eigenvalue weighted by Gasteiger charge is -2.37. The van der Waals surface area contributed by atoms with Gasteiger partial charge in [-0.05, 0) is 31.7 Å². The van der Waals surface area contributed by atoms with E-state index in [1.807, 2.05) is 13.8 Å². The Labute approximate surface area is 99.1 Å². The summed E-state index contributed by atoms with van der Waals surface area (Å²) in [7, 11) is 0. The fourth-order valence-corrected chi connectivity index (χ4v) is 2.04. The first-order valence-corrected chi connectivity index (χ1v) is 5.83. The van der Waals surface area contributed by atoms with Crippen molar-refractivity contribution < 1.29 is 18.0 Å². The number of halogens is 3. The van der Waals surface area contributed by atoms with Crippen molar-refractivity contribution in [2.24, 2.45) is 11.8 Å². The molecule has 0 radical (unpaired) electrons. The number of piperidine rings is 1. The third kappa shape index (κ3) is 3.87. The molecular formula is C11H19F3N2O. The van der Waals surface area contributed by atoms with Crippen LogP contribution in [0.2, 0.25) is 0 Å². The lowest BCUT2D eigenvalue weighted by Crippen LogP contribution is -2.57. The van der Waals surface area contributed by atoms with Crippen molar-refractivity contribution in [3.05, 3.63) is 0 Å². The molecule has 17 heavy (non-hydrogen) atoms. The van der Waals surface area contributed by atoms with Crippen LogP contribution >= 0.6 is 0 Å². The third-order valence-electron chi connectivity index (χ3n) is 3.38. The molecule has 0 bridgehead atoms. The van der Waals surface area contributed by atoms with Gasteiger partial charge in [0.15, 0.2) is 0 Å². The average Bonchev–Trinajstić information content (AvgIpc) is 2.19. The molecule has 0 aromatic heterocycles. The van der Waals surface area contributed by atoms with Crippen molar-refractivity contribution in [1.82, 2.24) is 10.6 Å². The number of alkyl halides is 3. The number of rotatable bonds is 2. The molecule has 1 fully saturated rings. The number of carbonyl (C=O) groups is 1. The highest BCUT2D eigenvalue weighted by Gasteiger charge is 2.41. The lowest BCUT2D eigenvalue weighted by atomic mass is 9.83. The van der Waals surface area contributed by atoms with Gasteiger partial charge in [0, 0.05) is 12.1 Å². The number of hydrogen-bond donors (Lipinski definition) is 2. The molecule has 0 saturated carbocycles. The molecule has 6 heteroatoms. The van der Waals surface area contributed by atoms with Crippen LogP contribution in [0.4, 0.5) is 13.2 Å². The van der Waals surface area contributed by atoms with E-state index < -0.39 is 18.1 Å². The summed E-state index contributed by atoms with van der Waals surface area (Å²) >= 11 is 0. The lowest BCUT2D eigenvalue weighted by molar-refractivity contribution is -0.174. The Morgan fingerprint density at radius 2 is 2.00 bits per heavy atom. The summed E-state index contributed by atoms with van der Waals surface area (Å²) in [6.45, 7) is 6.64. The molecule has 1 saturated heterocycles. The molecular weight excluding hydrogens is 233 g/mol. The molecule has 1 heterocycles. The van der Waals surface area contributed by atoms with E-state index in [1.54, 1.807) is 6.92 Å². The average molecular weight is 252 g/mol. The summed E-state index contributed by atoms with van der Waals surface area (Å²) in [5.41, 5.74) is 0. The highest BCUT2D eigenvalue weighted by atomic mass is 19.4. The topological polar surface area (TPSA) is 41.1 Å². The second kappa shape index (κ2) is 5.25. The van der Waals surface area contributed by atoms with Crippen molar-refractivity contribution in [3.8, 4) is 0 Å². The Balaban J connectivity index is 2.59. The zero-order valence-electron chi connectivity index (χ0n) is 10.3. The quantitative estimate of drug-likeness (QED) is 0.785. The zero-order valence-corrected chi connectivity index (χ0v) is 10.3. The van der Waals surface area contributed by atoms with Gasteiger partial charge in [0.2, 0.25) is 0 Å². The SMILES string of the molecule is CC(C)C1CNC(C)C(NC(=O)C(F)(F)F)C1. The van der Waals surface area contributed by atoms with Crippen LogP contribution in [-0.2, 0) is 4.79 Å².